The van der Waals surface area contributed by atoms with Crippen molar-refractivity contribution in [1.29, 1.82) is 0 Å². The minimum atomic E-state index is -5.06. The van der Waals surface area contributed by atoms with Gasteiger partial charge in [0, 0.05) is 25.2 Å². The van der Waals surface area contributed by atoms with E-state index in [2.05, 4.69) is 0 Å². The molecule has 2 amide bonds. The molecule has 2 aliphatic heterocycles. The fourth-order valence-electron chi connectivity index (χ4n) is 3.13. The molecule has 0 radical (unpaired) electrons. The van der Waals surface area contributed by atoms with Crippen molar-refractivity contribution in [2.75, 3.05) is 6.54 Å². The van der Waals surface area contributed by atoms with Crippen molar-refractivity contribution in [3.63, 3.8) is 0 Å². The van der Waals surface area contributed by atoms with Gasteiger partial charge in [-0.15, -0.1) is 0 Å². The number of nitrogens with one attached hydrogen (secondary N) is 1. The number of carbonyl (C=O) groups is 1. The van der Waals surface area contributed by atoms with Crippen LogP contribution >= 0.6 is 23.2 Å². The van der Waals surface area contributed by atoms with Gasteiger partial charge in [0.15, 0.2) is 11.5 Å². The lowest BCUT2D eigenvalue weighted by molar-refractivity contribution is -0.318. The normalized spacial score (nSPS) is 17.2. The molecule has 0 saturated carbocycles. The number of urea groups is 1. The molecular weight excluding hydrogens is 420 g/mol. The van der Waals surface area contributed by atoms with Gasteiger partial charge < -0.3 is 14.4 Å². The van der Waals surface area contributed by atoms with E-state index in [0.717, 1.165) is 23.3 Å². The summed E-state index contributed by atoms with van der Waals surface area (Å²) in [5.74, 6) is -3.90. The summed E-state index contributed by atoms with van der Waals surface area (Å²) in [7, 11) is 0. The van der Waals surface area contributed by atoms with E-state index >= 15 is 0 Å². The third-order valence-corrected chi connectivity index (χ3v) is 5.28. The van der Waals surface area contributed by atoms with Gasteiger partial charge in [0.2, 0.25) is 0 Å². The van der Waals surface area contributed by atoms with Gasteiger partial charge in [-0.1, -0.05) is 47.5 Å². The first-order valence-electron chi connectivity index (χ1n) is 8.26. The number of fused-ring (bicyclic) bond motifs is 2. The summed E-state index contributed by atoms with van der Waals surface area (Å²) in [5.41, 5.74) is 1.93. The van der Waals surface area contributed by atoms with Crippen molar-refractivity contribution in [3.05, 3.63) is 57.6 Å². The van der Waals surface area contributed by atoms with Crippen LogP contribution < -0.4 is 14.8 Å². The molecule has 148 valence electrons. The van der Waals surface area contributed by atoms with Crippen LogP contribution in [-0.2, 0) is 13.0 Å². The summed E-state index contributed by atoms with van der Waals surface area (Å²) < 4.78 is 51.4. The van der Waals surface area contributed by atoms with E-state index in [1.165, 1.54) is 4.90 Å². The molecule has 0 bridgehead atoms. The molecule has 28 heavy (non-hydrogen) atoms. The fraction of sp³-hybridized carbons (Fsp3) is 0.278. The molecule has 0 unspecified atom stereocenters. The number of alkyl halides is 3. The molecule has 0 spiro atoms. The van der Waals surface area contributed by atoms with E-state index in [0.29, 0.717) is 6.42 Å². The monoisotopic (exact) mass is 432 g/mol. The number of hydrogen-bond acceptors (Lipinski definition) is 3. The summed E-state index contributed by atoms with van der Waals surface area (Å²) in [5, 5.41) is 1.85. The summed E-state index contributed by atoms with van der Waals surface area (Å²) in [6.07, 6.45) is -4.52. The largest absolute Gasteiger partial charge is 0.492 e. The smallest absolute Gasteiger partial charge is 0.424 e. The first-order chi connectivity index (χ1) is 13.2. The second kappa shape index (κ2) is 6.63. The van der Waals surface area contributed by atoms with E-state index < -0.39 is 18.1 Å². The Morgan fingerprint density at radius 1 is 1.07 bits per heavy atom. The molecule has 0 aliphatic carbocycles. The number of ether oxygens (including phenoxy) is 2. The van der Waals surface area contributed by atoms with Crippen LogP contribution in [-0.4, -0.2) is 29.6 Å². The van der Waals surface area contributed by atoms with Crippen LogP contribution in [0.25, 0.3) is 0 Å². The van der Waals surface area contributed by atoms with Crippen LogP contribution in [0, 0.1) is 0 Å². The van der Waals surface area contributed by atoms with Gasteiger partial charge in [-0.2, -0.15) is 13.2 Å². The predicted molar refractivity (Wildman–Crippen MR) is 95.6 cm³/mol. The van der Waals surface area contributed by atoms with Crippen LogP contribution in [0.1, 0.15) is 11.1 Å². The predicted octanol–water partition coefficient (Wildman–Crippen LogP) is 4.75. The summed E-state index contributed by atoms with van der Waals surface area (Å²) in [6.45, 7) is 0.446. The van der Waals surface area contributed by atoms with Gasteiger partial charge in [0.25, 0.3) is 0 Å². The Bertz CT molecular complexity index is 921. The van der Waals surface area contributed by atoms with E-state index in [-0.39, 0.29) is 34.6 Å². The number of nitrogens with zero attached hydrogens (tertiary/aromatic N) is 1. The number of amides is 2. The van der Waals surface area contributed by atoms with Crippen molar-refractivity contribution >= 4 is 29.2 Å². The molecule has 0 aromatic heterocycles. The van der Waals surface area contributed by atoms with Crippen molar-refractivity contribution in [3.8, 4) is 11.5 Å². The first-order valence-corrected chi connectivity index (χ1v) is 9.02. The molecule has 2 aliphatic rings. The maximum atomic E-state index is 13.8. The molecule has 0 saturated heterocycles. The van der Waals surface area contributed by atoms with Gasteiger partial charge in [0.1, 0.15) is 0 Å². The molecule has 10 heteroatoms. The number of rotatable bonds is 1. The van der Waals surface area contributed by atoms with Crippen LogP contribution in [0.2, 0.25) is 10.0 Å². The van der Waals surface area contributed by atoms with Crippen molar-refractivity contribution in [2.24, 2.45) is 0 Å². The number of carbonyl (C=O) groups excluding carboxylic acids is 1. The maximum Gasteiger partial charge on any atom is 0.492 e. The molecule has 4 rings (SSSR count). The Hall–Kier alpha value is -2.32. The zero-order chi connectivity index (χ0) is 20.1. The molecule has 0 atom stereocenters. The van der Waals surface area contributed by atoms with Gasteiger partial charge in [-0.25, -0.2) is 4.79 Å². The van der Waals surface area contributed by atoms with E-state index in [1.54, 1.807) is 0 Å². The average Bonchev–Trinajstić information content (AvgIpc) is 2.99. The highest BCUT2D eigenvalue weighted by atomic mass is 35.5. The quantitative estimate of drug-likeness (QED) is 0.707. The van der Waals surface area contributed by atoms with E-state index in [9.17, 15) is 18.0 Å². The molecule has 2 aromatic rings. The Morgan fingerprint density at radius 2 is 1.64 bits per heavy atom. The van der Waals surface area contributed by atoms with Gasteiger partial charge in [-0.3, -0.25) is 5.32 Å². The Morgan fingerprint density at radius 3 is 2.21 bits per heavy atom. The molecule has 1 N–H and O–H groups in total. The highest BCUT2D eigenvalue weighted by Crippen LogP contribution is 2.48. The number of benzene rings is 2. The molecule has 2 aromatic carbocycles. The topological polar surface area (TPSA) is 50.8 Å². The molecule has 0 fully saturated rings. The highest BCUT2D eigenvalue weighted by Gasteiger charge is 2.66. The zero-order valence-electron chi connectivity index (χ0n) is 14.1. The molecule has 5 nitrogen and oxygen atoms in total. The first kappa shape index (κ1) is 19.0. The zero-order valence-corrected chi connectivity index (χ0v) is 15.7. The minimum Gasteiger partial charge on any atom is -0.424 e. The summed E-state index contributed by atoms with van der Waals surface area (Å²) in [6, 6.07) is 8.69. The van der Waals surface area contributed by atoms with Crippen LogP contribution in [0.15, 0.2) is 36.4 Å². The van der Waals surface area contributed by atoms with Gasteiger partial charge in [0.05, 0.1) is 10.0 Å². The fourth-order valence-corrected chi connectivity index (χ4v) is 3.43. The van der Waals surface area contributed by atoms with Crippen LogP contribution in [0.3, 0.4) is 0 Å². The second-order valence-corrected chi connectivity index (χ2v) is 7.22. The highest BCUT2D eigenvalue weighted by molar-refractivity contribution is 6.42. The summed E-state index contributed by atoms with van der Waals surface area (Å²) >= 11 is 11.7. The third-order valence-electron chi connectivity index (χ3n) is 4.56. The van der Waals surface area contributed by atoms with Crippen molar-refractivity contribution in [2.45, 2.75) is 25.1 Å². The minimum absolute atomic E-state index is 0.000884. The van der Waals surface area contributed by atoms with Crippen LogP contribution in [0.4, 0.5) is 18.0 Å². The standard InChI is InChI=1S/C18H13Cl2F3N2O3/c19-12-7-14-15(8-13(12)20)28-18(27-14,17(21,22)23)24-16(26)25-6-5-10-3-1-2-4-11(10)9-25/h1-4,7-8H,5-6,9H2,(H,24,26). The average molecular weight is 433 g/mol. The van der Waals surface area contributed by atoms with Crippen LogP contribution in [0.5, 0.6) is 11.5 Å². The summed E-state index contributed by atoms with van der Waals surface area (Å²) in [4.78, 5) is 13.9. The third kappa shape index (κ3) is 3.20. The number of halogens is 5. The molecule has 2 heterocycles. The Kier molecular flexibility index (Phi) is 4.50. The van der Waals surface area contributed by atoms with E-state index in [4.69, 9.17) is 32.7 Å². The Balaban J connectivity index is 1.58. The van der Waals surface area contributed by atoms with Crippen molar-refractivity contribution < 1.29 is 27.4 Å². The van der Waals surface area contributed by atoms with Crippen molar-refractivity contribution in [1.82, 2.24) is 10.2 Å². The lowest BCUT2D eigenvalue weighted by atomic mass is 10.0. The van der Waals surface area contributed by atoms with Gasteiger partial charge >= 0.3 is 18.1 Å². The second-order valence-electron chi connectivity index (χ2n) is 6.40. The van der Waals surface area contributed by atoms with Gasteiger partial charge in [-0.05, 0) is 17.5 Å². The lowest BCUT2D eigenvalue weighted by Gasteiger charge is -2.34. The SMILES string of the molecule is O=C(NC1(C(F)(F)F)Oc2cc(Cl)c(Cl)cc2O1)N1CCc2ccccc2C1. The molecular formula is C18H13Cl2F3N2O3. The maximum absolute atomic E-state index is 13.8. The Labute approximate surface area is 167 Å². The lowest BCUT2D eigenvalue weighted by Crippen LogP contribution is -2.66. The van der Waals surface area contributed by atoms with E-state index in [1.807, 2.05) is 29.6 Å². The number of hydrogen-bond donors (Lipinski definition) is 1.